The van der Waals surface area contributed by atoms with Crippen molar-refractivity contribution in [2.75, 3.05) is 0 Å². The molecule has 0 aromatic carbocycles. The van der Waals surface area contributed by atoms with E-state index in [0.29, 0.717) is 16.1 Å². The van der Waals surface area contributed by atoms with E-state index in [1.54, 1.807) is 5.57 Å². The van der Waals surface area contributed by atoms with Gasteiger partial charge in [-0.1, -0.05) is 65.5 Å². The van der Waals surface area contributed by atoms with E-state index >= 15 is 0 Å². The number of fused-ring (bicyclic) bond motifs is 5. The lowest BCUT2D eigenvalue weighted by atomic mass is 9.46. The molecule has 8 atom stereocenters. The van der Waals surface area contributed by atoms with Crippen molar-refractivity contribution < 1.29 is 0 Å². The third-order valence-electron chi connectivity index (χ3n) is 10.3. The molecular weight excluding hydrogens is 356 g/mol. The fraction of sp³-hybridized carbons (Fsp3) is 0.926. The molecule has 0 aromatic rings. The molecule has 0 aromatic heterocycles. The van der Waals surface area contributed by atoms with Crippen molar-refractivity contribution in [2.45, 2.75) is 110 Å². The lowest BCUT2D eigenvalue weighted by molar-refractivity contribution is -0.0590. The summed E-state index contributed by atoms with van der Waals surface area (Å²) in [6.45, 7) is 12.7. The van der Waals surface area contributed by atoms with Gasteiger partial charge in [0.15, 0.2) is 0 Å². The zero-order valence-electron chi connectivity index (χ0n) is 19.3. The molecule has 0 heterocycles. The van der Waals surface area contributed by atoms with E-state index in [9.17, 15) is 0 Å². The van der Waals surface area contributed by atoms with Crippen molar-refractivity contribution in [3.05, 3.63) is 11.6 Å². The summed E-state index contributed by atoms with van der Waals surface area (Å²) < 4.78 is 0. The first kappa shape index (κ1) is 21.3. The van der Waals surface area contributed by atoms with Crippen LogP contribution in [0, 0.1) is 46.3 Å². The van der Waals surface area contributed by atoms with Crippen LogP contribution in [-0.4, -0.2) is 5.25 Å². The molecule has 3 fully saturated rings. The van der Waals surface area contributed by atoms with E-state index in [4.69, 9.17) is 12.6 Å². The minimum absolute atomic E-state index is 0.504. The molecule has 3 saturated carbocycles. The summed E-state index contributed by atoms with van der Waals surface area (Å²) in [5.74, 6) is 5.76. The van der Waals surface area contributed by atoms with Crippen LogP contribution in [0.15, 0.2) is 11.6 Å². The van der Waals surface area contributed by atoms with Gasteiger partial charge < -0.3 is 0 Å². The first-order valence-corrected chi connectivity index (χ1v) is 13.2. The molecule has 4 rings (SSSR count). The fourth-order valence-electron chi connectivity index (χ4n) is 8.73. The first-order valence-electron chi connectivity index (χ1n) is 12.6. The van der Waals surface area contributed by atoms with Crippen LogP contribution in [0.2, 0.25) is 0 Å². The van der Waals surface area contributed by atoms with Crippen molar-refractivity contribution in [2.24, 2.45) is 46.3 Å². The van der Waals surface area contributed by atoms with Gasteiger partial charge in [0, 0.05) is 5.25 Å². The Morgan fingerprint density at radius 3 is 2.50 bits per heavy atom. The van der Waals surface area contributed by atoms with Crippen LogP contribution in [0.25, 0.3) is 0 Å². The highest BCUT2D eigenvalue weighted by Gasteiger charge is 2.59. The number of rotatable bonds is 5. The summed E-state index contributed by atoms with van der Waals surface area (Å²) in [6.07, 6.45) is 18.5. The van der Waals surface area contributed by atoms with E-state index in [2.05, 4.69) is 40.7 Å². The highest BCUT2D eigenvalue weighted by molar-refractivity contribution is 7.81. The number of thiol groups is 1. The molecule has 4 unspecified atom stereocenters. The van der Waals surface area contributed by atoms with Gasteiger partial charge in [0.1, 0.15) is 0 Å². The molecule has 4 aliphatic rings. The minimum atomic E-state index is 0.504. The van der Waals surface area contributed by atoms with Gasteiger partial charge >= 0.3 is 0 Å². The molecule has 28 heavy (non-hydrogen) atoms. The largest absolute Gasteiger partial charge is 0.172 e. The molecule has 0 radical (unpaired) electrons. The van der Waals surface area contributed by atoms with Crippen molar-refractivity contribution in [3.63, 3.8) is 0 Å². The quantitative estimate of drug-likeness (QED) is 0.347. The van der Waals surface area contributed by atoms with E-state index < -0.39 is 0 Å². The maximum Gasteiger partial charge on any atom is 0.0199 e. The maximum atomic E-state index is 4.81. The minimum Gasteiger partial charge on any atom is -0.172 e. The zero-order valence-corrected chi connectivity index (χ0v) is 20.2. The van der Waals surface area contributed by atoms with Crippen LogP contribution >= 0.6 is 12.6 Å². The highest BCUT2D eigenvalue weighted by Crippen LogP contribution is 2.67. The van der Waals surface area contributed by atoms with Gasteiger partial charge in [-0.25, -0.2) is 0 Å². The molecule has 0 amide bonds. The second-order valence-electron chi connectivity index (χ2n) is 12.2. The predicted molar refractivity (Wildman–Crippen MR) is 126 cm³/mol. The van der Waals surface area contributed by atoms with Gasteiger partial charge in [0.05, 0.1) is 0 Å². The molecule has 4 aliphatic carbocycles. The number of hydrogen-bond donors (Lipinski definition) is 1. The molecule has 1 heteroatoms. The van der Waals surface area contributed by atoms with Crippen LogP contribution < -0.4 is 0 Å². The average molecular weight is 403 g/mol. The second kappa shape index (κ2) is 7.97. The smallest absolute Gasteiger partial charge is 0.0199 e. The highest BCUT2D eigenvalue weighted by atomic mass is 32.1. The van der Waals surface area contributed by atoms with Gasteiger partial charge in [0.2, 0.25) is 0 Å². The summed E-state index contributed by atoms with van der Waals surface area (Å²) in [5, 5.41) is 0.524. The SMILES string of the molecule is CC(C)CCCC(C)[C@@H]1CCC2C3CCC4=C[C@H](S)CC[C@@]4(C)C3CC[C@]21C. The van der Waals surface area contributed by atoms with E-state index in [0.717, 1.165) is 35.5 Å². The van der Waals surface area contributed by atoms with Gasteiger partial charge in [0.25, 0.3) is 0 Å². The zero-order chi connectivity index (χ0) is 20.1. The van der Waals surface area contributed by atoms with Gasteiger partial charge in [-0.05, 0) is 97.7 Å². The normalized spacial score (nSPS) is 46.5. The Hall–Kier alpha value is 0.0900. The molecule has 0 N–H and O–H groups in total. The van der Waals surface area contributed by atoms with Crippen LogP contribution in [0.1, 0.15) is 105 Å². The van der Waals surface area contributed by atoms with Crippen molar-refractivity contribution in [1.29, 1.82) is 0 Å². The molecular formula is C27H46S. The Labute approximate surface area is 181 Å². The molecule has 160 valence electrons. The monoisotopic (exact) mass is 402 g/mol. The van der Waals surface area contributed by atoms with Crippen LogP contribution in [-0.2, 0) is 0 Å². The Balaban J connectivity index is 1.48. The van der Waals surface area contributed by atoms with E-state index in [1.165, 1.54) is 70.6 Å². The topological polar surface area (TPSA) is 0 Å². The predicted octanol–water partition coefficient (Wildman–Crippen LogP) is 8.33. The Morgan fingerprint density at radius 2 is 1.75 bits per heavy atom. The Bertz CT molecular complexity index is 591. The summed E-state index contributed by atoms with van der Waals surface area (Å²) >= 11 is 4.81. The lowest BCUT2D eigenvalue weighted by Gasteiger charge is -2.59. The maximum absolute atomic E-state index is 4.81. The van der Waals surface area contributed by atoms with Crippen LogP contribution in [0.4, 0.5) is 0 Å². The van der Waals surface area contributed by atoms with E-state index in [1.807, 2.05) is 0 Å². The summed E-state index contributed by atoms with van der Waals surface area (Å²) in [5.41, 5.74) is 2.93. The Morgan fingerprint density at radius 1 is 0.964 bits per heavy atom. The molecule has 0 saturated heterocycles. The summed E-state index contributed by atoms with van der Waals surface area (Å²) in [7, 11) is 0. The van der Waals surface area contributed by atoms with E-state index in [-0.39, 0.29) is 0 Å². The number of hydrogen-bond acceptors (Lipinski definition) is 1. The molecule has 0 nitrogen and oxygen atoms in total. The lowest BCUT2D eigenvalue weighted by Crippen LogP contribution is -2.51. The Kier molecular flexibility index (Phi) is 6.07. The third kappa shape index (κ3) is 3.54. The third-order valence-corrected chi connectivity index (χ3v) is 10.7. The van der Waals surface area contributed by atoms with Crippen LogP contribution in [0.3, 0.4) is 0 Å². The second-order valence-corrected chi connectivity index (χ2v) is 12.8. The first-order chi connectivity index (χ1) is 13.3. The van der Waals surface area contributed by atoms with Gasteiger partial charge in [-0.15, -0.1) is 0 Å². The molecule has 0 aliphatic heterocycles. The van der Waals surface area contributed by atoms with Gasteiger partial charge in [-0.2, -0.15) is 12.6 Å². The standard InChI is InChI=1S/C27H46S/c1-18(2)7-6-8-19(3)23-11-12-24-22-10-9-20-17-21(28)13-15-26(20,4)25(22)14-16-27(23,24)5/h17-19,21-25,28H,6-16H2,1-5H3/t19?,21-,22?,23+,24?,25?,26-,27+/m1/s1. The fourth-order valence-corrected chi connectivity index (χ4v) is 9.04. The number of allylic oxidation sites excluding steroid dienone is 1. The molecule has 0 spiro atoms. The van der Waals surface area contributed by atoms with Crippen molar-refractivity contribution in [1.82, 2.24) is 0 Å². The van der Waals surface area contributed by atoms with Gasteiger partial charge in [-0.3, -0.25) is 0 Å². The molecule has 0 bridgehead atoms. The van der Waals surface area contributed by atoms with Crippen LogP contribution in [0.5, 0.6) is 0 Å². The summed E-state index contributed by atoms with van der Waals surface area (Å²) in [6, 6.07) is 0. The average Bonchev–Trinajstić information content (AvgIpc) is 2.99. The van der Waals surface area contributed by atoms with Crippen molar-refractivity contribution in [3.8, 4) is 0 Å². The van der Waals surface area contributed by atoms with Crippen molar-refractivity contribution >= 4 is 12.6 Å². The summed E-state index contributed by atoms with van der Waals surface area (Å²) in [4.78, 5) is 0.